The molecule has 3 aromatic rings. The van der Waals surface area contributed by atoms with Gasteiger partial charge in [0.25, 0.3) is 5.56 Å². The molecule has 1 aromatic heterocycles. The molecule has 0 spiro atoms. The summed E-state index contributed by atoms with van der Waals surface area (Å²) in [7, 11) is 0. The predicted octanol–water partition coefficient (Wildman–Crippen LogP) is 4.41. The maximum Gasteiger partial charge on any atom is 0.256 e. The zero-order valence-electron chi connectivity index (χ0n) is 15.1. The largest absolute Gasteiger partial charge is 0.301 e. The first-order valence-electron chi connectivity index (χ1n) is 9.04. The molecular formula is C21H19ClFN3OS. The zero-order chi connectivity index (χ0) is 19.5. The van der Waals surface area contributed by atoms with Crippen LogP contribution in [0.1, 0.15) is 22.4 Å². The maximum absolute atomic E-state index is 13.9. The van der Waals surface area contributed by atoms with Gasteiger partial charge in [0.2, 0.25) is 0 Å². The van der Waals surface area contributed by atoms with Gasteiger partial charge in [0, 0.05) is 42.4 Å². The lowest BCUT2D eigenvalue weighted by atomic mass is 10.1. The second kappa shape index (κ2) is 8.47. The summed E-state index contributed by atoms with van der Waals surface area (Å²) >= 11 is 7.36. The summed E-state index contributed by atoms with van der Waals surface area (Å²) in [5.74, 6) is -0.0373. The molecule has 0 saturated carbocycles. The molecular weight excluding hydrogens is 397 g/mol. The summed E-state index contributed by atoms with van der Waals surface area (Å²) in [5, 5.41) is 0.879. The molecule has 1 N–H and O–H groups in total. The van der Waals surface area contributed by atoms with E-state index < -0.39 is 0 Å². The van der Waals surface area contributed by atoms with Gasteiger partial charge in [0.15, 0.2) is 5.16 Å². The summed E-state index contributed by atoms with van der Waals surface area (Å²) in [6.07, 6.45) is 0.722. The smallest absolute Gasteiger partial charge is 0.256 e. The fourth-order valence-electron chi connectivity index (χ4n) is 3.31. The van der Waals surface area contributed by atoms with E-state index in [0.29, 0.717) is 28.0 Å². The Labute approximate surface area is 171 Å². The van der Waals surface area contributed by atoms with E-state index in [1.54, 1.807) is 12.1 Å². The van der Waals surface area contributed by atoms with Gasteiger partial charge in [-0.3, -0.25) is 9.69 Å². The zero-order valence-corrected chi connectivity index (χ0v) is 16.7. The lowest BCUT2D eigenvalue weighted by Crippen LogP contribution is -2.35. The minimum absolute atomic E-state index is 0.120. The number of hydrogen-bond acceptors (Lipinski definition) is 4. The van der Waals surface area contributed by atoms with Gasteiger partial charge < -0.3 is 4.98 Å². The van der Waals surface area contributed by atoms with Crippen LogP contribution in [-0.4, -0.2) is 21.4 Å². The van der Waals surface area contributed by atoms with Crippen molar-refractivity contribution < 1.29 is 4.39 Å². The van der Waals surface area contributed by atoms with Crippen molar-refractivity contribution in [3.63, 3.8) is 0 Å². The van der Waals surface area contributed by atoms with E-state index in [1.165, 1.54) is 23.4 Å². The Bertz CT molecular complexity index is 1020. The Hall–Kier alpha value is -2.15. The second-order valence-corrected chi connectivity index (χ2v) is 8.10. The number of aromatic amines is 1. The molecule has 0 amide bonds. The average Bonchev–Trinajstić information content (AvgIpc) is 2.69. The third kappa shape index (κ3) is 4.29. The molecule has 0 bridgehead atoms. The third-order valence-electron chi connectivity index (χ3n) is 4.79. The van der Waals surface area contributed by atoms with Crippen LogP contribution >= 0.6 is 23.4 Å². The minimum atomic E-state index is -0.350. The highest BCUT2D eigenvalue weighted by Gasteiger charge is 2.21. The Morgan fingerprint density at radius 2 is 2.00 bits per heavy atom. The van der Waals surface area contributed by atoms with Crippen LogP contribution in [0.3, 0.4) is 0 Å². The molecule has 2 heterocycles. The fraction of sp³-hybridized carbons (Fsp3) is 0.238. The summed E-state index contributed by atoms with van der Waals surface area (Å²) in [6, 6.07) is 14.8. The molecule has 0 fully saturated rings. The van der Waals surface area contributed by atoms with Crippen LogP contribution < -0.4 is 5.56 Å². The van der Waals surface area contributed by atoms with Gasteiger partial charge in [0.1, 0.15) is 5.82 Å². The maximum atomic E-state index is 13.9. The van der Waals surface area contributed by atoms with Crippen LogP contribution in [-0.2, 0) is 25.3 Å². The van der Waals surface area contributed by atoms with Crippen molar-refractivity contribution in [1.82, 2.24) is 14.9 Å². The fourth-order valence-corrected chi connectivity index (χ4v) is 4.54. The van der Waals surface area contributed by atoms with Gasteiger partial charge in [-0.1, -0.05) is 59.8 Å². The van der Waals surface area contributed by atoms with Crippen LogP contribution in [0, 0.1) is 5.82 Å². The first-order valence-corrected chi connectivity index (χ1v) is 10.4. The molecule has 0 saturated heterocycles. The van der Waals surface area contributed by atoms with Gasteiger partial charge in [-0.05, 0) is 17.7 Å². The lowest BCUT2D eigenvalue weighted by Gasteiger charge is -2.27. The third-order valence-corrected chi connectivity index (χ3v) is 6.04. The Morgan fingerprint density at radius 1 is 1.18 bits per heavy atom. The van der Waals surface area contributed by atoms with Crippen molar-refractivity contribution in [2.24, 2.45) is 0 Å². The van der Waals surface area contributed by atoms with Crippen molar-refractivity contribution in [1.29, 1.82) is 0 Å². The van der Waals surface area contributed by atoms with Gasteiger partial charge in [-0.25, -0.2) is 9.37 Å². The van der Waals surface area contributed by atoms with Gasteiger partial charge >= 0.3 is 0 Å². The minimum Gasteiger partial charge on any atom is -0.301 e. The normalized spacial score (nSPS) is 14.1. The number of aromatic nitrogens is 2. The van der Waals surface area contributed by atoms with Crippen molar-refractivity contribution in [2.75, 3.05) is 6.54 Å². The number of thioether (sulfide) groups is 1. The predicted molar refractivity (Wildman–Crippen MR) is 110 cm³/mol. The number of H-pyrrole nitrogens is 1. The topological polar surface area (TPSA) is 49.0 Å². The van der Waals surface area contributed by atoms with Crippen LogP contribution in [0.15, 0.2) is 58.5 Å². The molecule has 144 valence electrons. The molecule has 7 heteroatoms. The standard InChI is InChI=1S/C21H19ClFN3OS/c22-17-7-4-8-18(23)16(17)13-28-21-24-19-9-10-26(12-15(19)20(27)25-21)11-14-5-2-1-3-6-14/h1-8H,9-13H2,(H,24,25,27). The van der Waals surface area contributed by atoms with E-state index in [0.717, 1.165) is 30.8 Å². The highest BCUT2D eigenvalue weighted by Crippen LogP contribution is 2.27. The molecule has 2 aromatic carbocycles. The van der Waals surface area contributed by atoms with Crippen molar-refractivity contribution in [3.8, 4) is 0 Å². The van der Waals surface area contributed by atoms with E-state index in [2.05, 4.69) is 27.0 Å². The summed E-state index contributed by atoms with van der Waals surface area (Å²) in [6.45, 7) is 2.24. The number of fused-ring (bicyclic) bond motifs is 1. The second-order valence-electron chi connectivity index (χ2n) is 6.73. The quantitative estimate of drug-likeness (QED) is 0.495. The molecule has 1 aliphatic heterocycles. The Morgan fingerprint density at radius 3 is 2.79 bits per heavy atom. The highest BCUT2D eigenvalue weighted by molar-refractivity contribution is 7.98. The number of hydrogen-bond donors (Lipinski definition) is 1. The van der Waals surface area contributed by atoms with E-state index in [-0.39, 0.29) is 11.4 Å². The monoisotopic (exact) mass is 415 g/mol. The van der Waals surface area contributed by atoms with Crippen molar-refractivity contribution >= 4 is 23.4 Å². The van der Waals surface area contributed by atoms with Crippen molar-refractivity contribution in [3.05, 3.63) is 92.1 Å². The number of rotatable bonds is 5. The van der Waals surface area contributed by atoms with Crippen LogP contribution in [0.5, 0.6) is 0 Å². The molecule has 0 atom stereocenters. The molecule has 0 aliphatic carbocycles. The SMILES string of the molecule is O=c1[nH]c(SCc2c(F)cccc2Cl)nc2c1CN(Cc1ccccc1)CC2. The lowest BCUT2D eigenvalue weighted by molar-refractivity contribution is 0.241. The summed E-state index contributed by atoms with van der Waals surface area (Å²) < 4.78 is 13.9. The first-order chi connectivity index (χ1) is 13.6. The summed E-state index contributed by atoms with van der Waals surface area (Å²) in [5.41, 5.74) is 3.07. The molecule has 28 heavy (non-hydrogen) atoms. The van der Waals surface area contributed by atoms with Crippen LogP contribution in [0.25, 0.3) is 0 Å². The Kier molecular flexibility index (Phi) is 5.80. The number of nitrogens with one attached hydrogen (secondary N) is 1. The van der Waals surface area contributed by atoms with E-state index >= 15 is 0 Å². The van der Waals surface area contributed by atoms with E-state index in [9.17, 15) is 9.18 Å². The highest BCUT2D eigenvalue weighted by atomic mass is 35.5. The van der Waals surface area contributed by atoms with Crippen molar-refractivity contribution in [2.45, 2.75) is 30.4 Å². The first kappa shape index (κ1) is 19.2. The van der Waals surface area contributed by atoms with Crippen LogP contribution in [0.4, 0.5) is 4.39 Å². The molecule has 0 radical (unpaired) electrons. The molecule has 4 rings (SSSR count). The average molecular weight is 416 g/mol. The van der Waals surface area contributed by atoms with Gasteiger partial charge in [0.05, 0.1) is 11.3 Å². The van der Waals surface area contributed by atoms with E-state index in [1.807, 2.05) is 18.2 Å². The van der Waals surface area contributed by atoms with E-state index in [4.69, 9.17) is 11.6 Å². The van der Waals surface area contributed by atoms with Crippen LogP contribution in [0.2, 0.25) is 5.02 Å². The van der Waals surface area contributed by atoms with Gasteiger partial charge in [-0.2, -0.15) is 0 Å². The molecule has 0 unspecified atom stereocenters. The number of halogens is 2. The molecule has 1 aliphatic rings. The number of nitrogens with zero attached hydrogens (tertiary/aromatic N) is 2. The van der Waals surface area contributed by atoms with Gasteiger partial charge in [-0.15, -0.1) is 0 Å². The summed E-state index contributed by atoms with van der Waals surface area (Å²) in [4.78, 5) is 22.3. The Balaban J connectivity index is 1.48. The number of benzene rings is 2. The molecule has 4 nitrogen and oxygen atoms in total.